The summed E-state index contributed by atoms with van der Waals surface area (Å²) in [5.41, 5.74) is 3.71. The smallest absolute Gasteiger partial charge is 0.0225 e. The van der Waals surface area contributed by atoms with Crippen molar-refractivity contribution in [3.63, 3.8) is 0 Å². The van der Waals surface area contributed by atoms with Crippen LogP contribution in [-0.4, -0.2) is 6.54 Å². The van der Waals surface area contributed by atoms with Crippen molar-refractivity contribution in [2.75, 3.05) is 6.54 Å². The van der Waals surface area contributed by atoms with E-state index in [-0.39, 0.29) is 0 Å². The highest BCUT2D eigenvalue weighted by molar-refractivity contribution is 7.36. The van der Waals surface area contributed by atoms with Crippen molar-refractivity contribution >= 4 is 14.8 Å². The molecule has 66 valence electrons. The van der Waals surface area contributed by atoms with Gasteiger partial charge in [0.05, 0.1) is 0 Å². The average Bonchev–Trinajstić information content (AvgIpc) is 2.65. The van der Waals surface area contributed by atoms with Crippen LogP contribution in [0.4, 0.5) is 0 Å². The number of fused-ring (bicyclic) bond motifs is 3. The fraction of sp³-hybridized carbons (Fsp3) is 0.273. The second kappa shape index (κ2) is 2.94. The molecule has 0 radical (unpaired) electrons. The molecule has 1 saturated heterocycles. The lowest BCUT2D eigenvalue weighted by atomic mass is 9.89. The third-order valence-corrected chi connectivity index (χ3v) is 4.34. The van der Waals surface area contributed by atoms with E-state index in [4.69, 9.17) is 0 Å². The number of nitrogens with one attached hydrogen (secondary N) is 1. The summed E-state index contributed by atoms with van der Waals surface area (Å²) in [7, 11) is 0.904. The van der Waals surface area contributed by atoms with E-state index in [9.17, 15) is 0 Å². The van der Waals surface area contributed by atoms with Gasteiger partial charge in [-0.3, -0.25) is 5.09 Å². The van der Waals surface area contributed by atoms with Crippen LogP contribution < -0.4 is 5.09 Å². The largest absolute Gasteiger partial charge is 0.297 e. The Hall–Kier alpha value is -0.650. The van der Waals surface area contributed by atoms with E-state index in [0.717, 1.165) is 26.9 Å². The molecular weight excluding hydrogens is 177 g/mol. The second-order valence-corrected chi connectivity index (χ2v) is 4.92. The van der Waals surface area contributed by atoms with E-state index < -0.39 is 0 Å². The number of benzene rings is 1. The van der Waals surface area contributed by atoms with Crippen molar-refractivity contribution in [1.82, 2.24) is 5.09 Å². The summed E-state index contributed by atoms with van der Waals surface area (Å²) in [6.45, 7) is 1.16. The summed E-state index contributed by atoms with van der Waals surface area (Å²) in [6, 6.07) is 8.76. The van der Waals surface area contributed by atoms with Gasteiger partial charge in [-0.2, -0.15) is 0 Å². The van der Waals surface area contributed by atoms with Crippen LogP contribution >= 0.6 is 8.73 Å². The molecule has 1 aromatic rings. The van der Waals surface area contributed by atoms with Gasteiger partial charge in [-0.15, -0.1) is 0 Å². The van der Waals surface area contributed by atoms with Gasteiger partial charge in [-0.05, 0) is 19.9 Å². The van der Waals surface area contributed by atoms with Crippen molar-refractivity contribution < 1.29 is 0 Å². The summed E-state index contributed by atoms with van der Waals surface area (Å²) in [6.07, 6.45) is 4.63. The Bertz CT molecular complexity index is 359. The topological polar surface area (TPSA) is 12.0 Å². The molecule has 1 N–H and O–H groups in total. The quantitative estimate of drug-likeness (QED) is 0.618. The summed E-state index contributed by atoms with van der Waals surface area (Å²) >= 11 is 0. The van der Waals surface area contributed by atoms with Crippen LogP contribution in [-0.2, 0) is 0 Å². The normalized spacial score (nSPS) is 31.7. The second-order valence-electron chi connectivity index (χ2n) is 3.65. The van der Waals surface area contributed by atoms with Crippen molar-refractivity contribution in [1.29, 1.82) is 0 Å². The van der Waals surface area contributed by atoms with Gasteiger partial charge in [-0.1, -0.05) is 36.4 Å². The SMILES string of the molecule is C1=CC2CNPC2c2ccccc21. The number of rotatable bonds is 0. The lowest BCUT2D eigenvalue weighted by Gasteiger charge is -2.21. The van der Waals surface area contributed by atoms with Gasteiger partial charge in [0, 0.05) is 18.1 Å². The van der Waals surface area contributed by atoms with Crippen LogP contribution in [0.3, 0.4) is 0 Å². The van der Waals surface area contributed by atoms with Gasteiger partial charge < -0.3 is 0 Å². The Labute approximate surface area is 80.1 Å². The van der Waals surface area contributed by atoms with E-state index in [1.807, 2.05) is 0 Å². The van der Waals surface area contributed by atoms with Crippen LogP contribution in [0.15, 0.2) is 30.3 Å². The molecule has 0 spiro atoms. The van der Waals surface area contributed by atoms with Gasteiger partial charge in [0.25, 0.3) is 0 Å². The first-order valence-electron chi connectivity index (χ1n) is 4.71. The predicted octanol–water partition coefficient (Wildman–Crippen LogP) is 2.57. The van der Waals surface area contributed by atoms with Gasteiger partial charge in [-0.25, -0.2) is 0 Å². The van der Waals surface area contributed by atoms with Crippen LogP contribution in [0.5, 0.6) is 0 Å². The van der Waals surface area contributed by atoms with E-state index in [2.05, 4.69) is 41.5 Å². The van der Waals surface area contributed by atoms with Gasteiger partial charge in [0.2, 0.25) is 0 Å². The summed E-state index contributed by atoms with van der Waals surface area (Å²) in [5, 5.41) is 3.48. The minimum atomic E-state index is 0.744. The van der Waals surface area contributed by atoms with Gasteiger partial charge in [0.15, 0.2) is 0 Å². The molecule has 13 heavy (non-hydrogen) atoms. The van der Waals surface area contributed by atoms with Crippen molar-refractivity contribution in [2.45, 2.75) is 5.66 Å². The molecule has 1 aliphatic heterocycles. The Morgan fingerprint density at radius 1 is 1.31 bits per heavy atom. The van der Waals surface area contributed by atoms with E-state index in [1.165, 1.54) is 5.56 Å². The zero-order valence-electron chi connectivity index (χ0n) is 7.33. The molecule has 2 heteroatoms. The van der Waals surface area contributed by atoms with E-state index in [0.29, 0.717) is 0 Å². The summed E-state index contributed by atoms with van der Waals surface area (Å²) in [4.78, 5) is 0. The molecule has 1 fully saturated rings. The van der Waals surface area contributed by atoms with Crippen molar-refractivity contribution in [3.8, 4) is 0 Å². The Morgan fingerprint density at radius 3 is 3.23 bits per heavy atom. The Balaban J connectivity index is 2.13. The third kappa shape index (κ3) is 1.15. The Morgan fingerprint density at radius 2 is 2.23 bits per heavy atom. The maximum atomic E-state index is 3.48. The molecule has 1 aromatic carbocycles. The number of hydrogen-bond donors (Lipinski definition) is 1. The molecular formula is C11H12NP. The lowest BCUT2D eigenvalue weighted by molar-refractivity contribution is 0.662. The molecule has 3 atom stereocenters. The first-order valence-corrected chi connectivity index (χ1v) is 5.78. The van der Waals surface area contributed by atoms with Crippen LogP contribution in [0, 0.1) is 5.92 Å². The first-order chi connectivity index (χ1) is 6.45. The van der Waals surface area contributed by atoms with E-state index >= 15 is 0 Å². The summed E-state index contributed by atoms with van der Waals surface area (Å²) in [5.74, 6) is 0.744. The molecule has 0 saturated carbocycles. The highest BCUT2D eigenvalue weighted by Gasteiger charge is 2.29. The molecule has 0 aromatic heterocycles. The zero-order chi connectivity index (χ0) is 8.67. The molecule has 0 amide bonds. The van der Waals surface area contributed by atoms with Crippen molar-refractivity contribution in [2.24, 2.45) is 5.92 Å². The zero-order valence-corrected chi connectivity index (χ0v) is 8.33. The molecule has 1 aliphatic carbocycles. The standard InChI is InChI=1S/C11H12NP/c1-2-4-10-8(3-1)5-6-9-7-12-13-11(9)10/h1-6,9,11-13H,7H2. The van der Waals surface area contributed by atoms with Crippen molar-refractivity contribution in [3.05, 3.63) is 41.5 Å². The highest BCUT2D eigenvalue weighted by atomic mass is 31.1. The average molecular weight is 189 g/mol. The number of hydrogen-bond acceptors (Lipinski definition) is 1. The van der Waals surface area contributed by atoms with Crippen LogP contribution in [0.1, 0.15) is 16.8 Å². The first kappa shape index (κ1) is 7.73. The van der Waals surface area contributed by atoms with Crippen LogP contribution in [0.2, 0.25) is 0 Å². The maximum Gasteiger partial charge on any atom is 0.0225 e. The third-order valence-electron chi connectivity index (χ3n) is 2.88. The minimum Gasteiger partial charge on any atom is -0.297 e. The predicted molar refractivity (Wildman–Crippen MR) is 58.0 cm³/mol. The lowest BCUT2D eigenvalue weighted by Crippen LogP contribution is -2.10. The van der Waals surface area contributed by atoms with Crippen LogP contribution in [0.25, 0.3) is 6.08 Å². The molecule has 0 bridgehead atoms. The Kier molecular flexibility index (Phi) is 1.74. The van der Waals surface area contributed by atoms with Gasteiger partial charge in [0.1, 0.15) is 0 Å². The molecule has 3 rings (SSSR count). The van der Waals surface area contributed by atoms with E-state index in [1.54, 1.807) is 5.56 Å². The minimum absolute atomic E-state index is 0.744. The monoisotopic (exact) mass is 189 g/mol. The fourth-order valence-corrected chi connectivity index (χ4v) is 3.61. The highest BCUT2D eigenvalue weighted by Crippen LogP contribution is 2.47. The molecule has 1 heterocycles. The molecule has 1 nitrogen and oxygen atoms in total. The molecule has 2 aliphatic rings. The fourth-order valence-electron chi connectivity index (χ4n) is 2.17. The maximum absolute atomic E-state index is 3.48. The summed E-state index contributed by atoms with van der Waals surface area (Å²) < 4.78 is 0. The molecule has 3 unspecified atom stereocenters. The van der Waals surface area contributed by atoms with Gasteiger partial charge >= 0.3 is 0 Å².